The highest BCUT2D eigenvalue weighted by atomic mass is 31.2. The first-order chi connectivity index (χ1) is 32.6. The molecule has 0 aromatic heterocycles. The summed E-state index contributed by atoms with van der Waals surface area (Å²) in [4.78, 5) is 23.1. The fourth-order valence-electron chi connectivity index (χ4n) is 7.56. The number of carbonyl (C=O) groups excluding carboxylic acids is 1. The topological polar surface area (TPSA) is 91.3 Å². The second-order valence-electron chi connectivity index (χ2n) is 19.6. The molecule has 67 heavy (non-hydrogen) atoms. The van der Waals surface area contributed by atoms with E-state index in [4.69, 9.17) is 18.5 Å². The quantitative estimate of drug-likeness (QED) is 0.0213. The smallest absolute Gasteiger partial charge is 0.457 e. The Labute approximate surface area is 414 Å². The van der Waals surface area contributed by atoms with Crippen molar-refractivity contribution in [3.63, 3.8) is 0 Å². The minimum absolute atomic E-state index is 0.0824. The van der Waals surface area contributed by atoms with Gasteiger partial charge in [-0.15, -0.1) is 0 Å². The van der Waals surface area contributed by atoms with E-state index in [1.165, 1.54) is 128 Å². The molecule has 0 aliphatic carbocycles. The van der Waals surface area contributed by atoms with Gasteiger partial charge in [-0.1, -0.05) is 234 Å². The molecule has 0 aromatic carbocycles. The third kappa shape index (κ3) is 54.7. The zero-order chi connectivity index (χ0) is 49.0. The summed E-state index contributed by atoms with van der Waals surface area (Å²) in [6.45, 7) is 5.49. The fourth-order valence-corrected chi connectivity index (χ4v) is 8.30. The Morgan fingerprint density at radius 2 is 0.866 bits per heavy atom. The van der Waals surface area contributed by atoms with Gasteiger partial charge < -0.3 is 18.9 Å². The van der Waals surface area contributed by atoms with Gasteiger partial charge in [-0.3, -0.25) is 13.8 Å². The van der Waals surface area contributed by atoms with Gasteiger partial charge in [0.05, 0.1) is 34.4 Å². The predicted octanol–water partition coefficient (Wildman–Crippen LogP) is 17.4. The zero-order valence-corrected chi connectivity index (χ0v) is 45.3. The predicted molar refractivity (Wildman–Crippen MR) is 288 cm³/mol. The van der Waals surface area contributed by atoms with Crippen LogP contribution in [0.1, 0.15) is 232 Å². The molecule has 0 aromatic rings. The largest absolute Gasteiger partial charge is 0.472 e. The van der Waals surface area contributed by atoms with Gasteiger partial charge in [0, 0.05) is 13.0 Å². The van der Waals surface area contributed by atoms with Gasteiger partial charge >= 0.3 is 13.8 Å². The van der Waals surface area contributed by atoms with Crippen molar-refractivity contribution >= 4 is 13.8 Å². The van der Waals surface area contributed by atoms with E-state index in [0.29, 0.717) is 24.1 Å². The van der Waals surface area contributed by atoms with Crippen molar-refractivity contribution < 1.29 is 37.3 Å². The molecular weight excluding hydrogens is 854 g/mol. The second-order valence-corrected chi connectivity index (χ2v) is 21.0. The lowest BCUT2D eigenvalue weighted by atomic mass is 10.0. The number of hydrogen-bond acceptors (Lipinski definition) is 6. The average molecular weight is 961 g/mol. The number of rotatable bonds is 51. The Hall–Kier alpha value is -2.06. The minimum atomic E-state index is -4.29. The number of quaternary nitrogens is 1. The number of hydrogen-bond donors (Lipinski definition) is 1. The number of esters is 1. The van der Waals surface area contributed by atoms with Gasteiger partial charge in [-0.25, -0.2) is 4.57 Å². The van der Waals surface area contributed by atoms with Crippen LogP contribution in [0.3, 0.4) is 0 Å². The Morgan fingerprint density at radius 1 is 0.478 bits per heavy atom. The van der Waals surface area contributed by atoms with E-state index >= 15 is 0 Å². The van der Waals surface area contributed by atoms with Crippen molar-refractivity contribution in [2.45, 2.75) is 238 Å². The number of carbonyl (C=O) groups is 1. The number of likely N-dealkylation sites (N-methyl/N-ethyl adjacent to an activating group) is 1. The summed E-state index contributed by atoms with van der Waals surface area (Å²) in [5.41, 5.74) is 0. The molecule has 0 aliphatic heterocycles. The molecule has 0 radical (unpaired) electrons. The van der Waals surface area contributed by atoms with E-state index in [9.17, 15) is 14.3 Å². The molecule has 8 nitrogen and oxygen atoms in total. The van der Waals surface area contributed by atoms with E-state index in [-0.39, 0.29) is 25.8 Å². The van der Waals surface area contributed by atoms with Crippen molar-refractivity contribution in [1.82, 2.24) is 0 Å². The standard InChI is InChI=1S/C58H106NO7P/c1-6-8-10-12-14-16-18-20-22-24-26-28-29-30-32-34-36-38-40-42-44-46-48-50-53-63-55-57(56-65-67(61,62)64-54-52-59(3,4)5)66-58(60)51-49-47-45-43-41-39-37-35-33-31-27-25-23-21-19-17-15-13-11-9-7-2/h8,10,14,16,20,22,26,28,30,32,36,38,57H,6-7,9,11-13,15,17-19,21,23-25,27,29,31,33-35,37,39-56H2,1-5H3/p+1/b10-8-,16-14-,22-20-,28-26-,32-30-,38-36-. The van der Waals surface area contributed by atoms with Crippen LogP contribution in [0.5, 0.6) is 0 Å². The maximum absolute atomic E-state index is 12.8. The molecule has 0 rings (SSSR count). The average Bonchev–Trinajstić information content (AvgIpc) is 3.29. The second kappa shape index (κ2) is 50.3. The summed E-state index contributed by atoms with van der Waals surface area (Å²) in [6, 6.07) is 0. The van der Waals surface area contributed by atoms with Crippen LogP contribution >= 0.6 is 7.82 Å². The number of nitrogens with zero attached hydrogens (tertiary/aromatic N) is 1. The molecule has 2 atom stereocenters. The highest BCUT2D eigenvalue weighted by molar-refractivity contribution is 7.47. The van der Waals surface area contributed by atoms with Crippen molar-refractivity contribution in [1.29, 1.82) is 0 Å². The molecule has 0 heterocycles. The van der Waals surface area contributed by atoms with Crippen LogP contribution < -0.4 is 0 Å². The van der Waals surface area contributed by atoms with Crippen LogP contribution in [0.25, 0.3) is 0 Å². The van der Waals surface area contributed by atoms with Crippen molar-refractivity contribution in [2.75, 3.05) is 54.1 Å². The van der Waals surface area contributed by atoms with E-state index in [0.717, 1.165) is 83.5 Å². The normalized spacial score (nSPS) is 14.1. The number of allylic oxidation sites excluding steroid dienone is 12. The summed E-state index contributed by atoms with van der Waals surface area (Å²) in [5.74, 6) is -0.319. The van der Waals surface area contributed by atoms with Gasteiger partial charge in [0.1, 0.15) is 19.3 Å². The zero-order valence-electron chi connectivity index (χ0n) is 44.4. The van der Waals surface area contributed by atoms with E-state index in [1.54, 1.807) is 0 Å². The van der Waals surface area contributed by atoms with Gasteiger partial charge in [0.25, 0.3) is 0 Å². The summed E-state index contributed by atoms with van der Waals surface area (Å²) in [7, 11) is 1.65. The lowest BCUT2D eigenvalue weighted by Gasteiger charge is -2.24. The van der Waals surface area contributed by atoms with Gasteiger partial charge in [-0.2, -0.15) is 0 Å². The van der Waals surface area contributed by atoms with Crippen LogP contribution in [0, 0.1) is 0 Å². The van der Waals surface area contributed by atoms with E-state index in [2.05, 4.69) is 86.8 Å². The molecule has 0 aliphatic rings. The summed E-state index contributed by atoms with van der Waals surface area (Å²) in [5, 5.41) is 0. The first kappa shape index (κ1) is 64.9. The summed E-state index contributed by atoms with van der Waals surface area (Å²) < 4.78 is 35.2. The monoisotopic (exact) mass is 961 g/mol. The van der Waals surface area contributed by atoms with E-state index in [1.807, 2.05) is 21.1 Å². The SMILES string of the molecule is CC/C=C\C/C=C\C/C=C\C/C=C\C/C=C\C/C=C\CCCCCCCOCC(COP(=O)(O)OCC[N+](C)(C)C)OC(=O)CCCCCCCCCCCCCCCCCCCCCCC. The third-order valence-corrected chi connectivity index (χ3v) is 12.8. The first-order valence-electron chi connectivity index (χ1n) is 27.7. The molecule has 0 bridgehead atoms. The number of ether oxygens (including phenoxy) is 2. The highest BCUT2D eigenvalue weighted by Gasteiger charge is 2.26. The lowest BCUT2D eigenvalue weighted by Crippen LogP contribution is -2.37. The molecule has 0 amide bonds. The van der Waals surface area contributed by atoms with Crippen LogP contribution in [0.2, 0.25) is 0 Å². The molecule has 390 valence electrons. The Morgan fingerprint density at radius 3 is 1.30 bits per heavy atom. The van der Waals surface area contributed by atoms with Gasteiger partial charge in [0.2, 0.25) is 0 Å². The molecule has 0 fully saturated rings. The first-order valence-corrected chi connectivity index (χ1v) is 29.2. The van der Waals surface area contributed by atoms with Gasteiger partial charge in [-0.05, 0) is 64.2 Å². The summed E-state index contributed by atoms with van der Waals surface area (Å²) in [6.07, 6.45) is 66.7. The van der Waals surface area contributed by atoms with Gasteiger partial charge in [0.15, 0.2) is 0 Å². The van der Waals surface area contributed by atoms with Crippen LogP contribution in [-0.2, 0) is 27.9 Å². The highest BCUT2D eigenvalue weighted by Crippen LogP contribution is 2.43. The van der Waals surface area contributed by atoms with Crippen LogP contribution in [-0.4, -0.2) is 75.6 Å². The third-order valence-electron chi connectivity index (χ3n) is 11.8. The Bertz CT molecular complexity index is 1300. The molecule has 9 heteroatoms. The Balaban J connectivity index is 4.15. The van der Waals surface area contributed by atoms with Crippen molar-refractivity contribution in [3.05, 3.63) is 72.9 Å². The molecule has 2 unspecified atom stereocenters. The summed E-state index contributed by atoms with van der Waals surface area (Å²) >= 11 is 0. The fraction of sp³-hybridized carbons (Fsp3) is 0.776. The lowest BCUT2D eigenvalue weighted by molar-refractivity contribution is -0.870. The number of unbranched alkanes of at least 4 members (excludes halogenated alkanes) is 25. The molecule has 0 saturated heterocycles. The Kier molecular flexibility index (Phi) is 48.8. The maximum Gasteiger partial charge on any atom is 0.472 e. The number of phosphoric ester groups is 1. The minimum Gasteiger partial charge on any atom is -0.457 e. The van der Waals surface area contributed by atoms with Crippen LogP contribution in [0.15, 0.2) is 72.9 Å². The molecular formula is C58H107NO7P+. The maximum atomic E-state index is 12.8. The van der Waals surface area contributed by atoms with Crippen molar-refractivity contribution in [3.8, 4) is 0 Å². The van der Waals surface area contributed by atoms with Crippen molar-refractivity contribution in [2.24, 2.45) is 0 Å². The molecule has 0 spiro atoms. The van der Waals surface area contributed by atoms with E-state index < -0.39 is 13.9 Å². The molecule has 1 N–H and O–H groups in total. The molecule has 0 saturated carbocycles. The number of phosphoric acid groups is 1. The van der Waals surface area contributed by atoms with Crippen LogP contribution in [0.4, 0.5) is 0 Å².